The number of ketones is 1. The van der Waals surface area contributed by atoms with Gasteiger partial charge < -0.3 is 4.74 Å². The number of hydrogen-bond acceptors (Lipinski definition) is 5. The zero-order valence-corrected chi connectivity index (χ0v) is 13.6. The number of ether oxygens (including phenoxy) is 1. The van der Waals surface area contributed by atoms with Crippen LogP contribution in [0.4, 0.5) is 0 Å². The molecule has 1 aromatic rings. The Balaban J connectivity index is 2.81. The molecular formula is C18H18N2O3. The van der Waals surface area contributed by atoms with Gasteiger partial charge in [0.25, 0.3) is 0 Å². The van der Waals surface area contributed by atoms with Gasteiger partial charge in [0, 0.05) is 23.1 Å². The third-order valence-corrected chi connectivity index (χ3v) is 3.56. The number of methoxy groups -OCH3 is 1. The number of aromatic nitrogens is 1. The van der Waals surface area contributed by atoms with Gasteiger partial charge in [0.2, 0.25) is 0 Å². The maximum atomic E-state index is 12.2. The molecule has 0 amide bonds. The summed E-state index contributed by atoms with van der Waals surface area (Å²) in [7, 11) is 1.26. The number of nitrogens with zero attached hydrogens (tertiary/aromatic N) is 2. The number of allylic oxidation sites excluding steroid dienone is 4. The second-order valence-electron chi connectivity index (χ2n) is 6.27. The van der Waals surface area contributed by atoms with Gasteiger partial charge in [-0.1, -0.05) is 32.9 Å². The van der Waals surface area contributed by atoms with E-state index in [9.17, 15) is 14.9 Å². The van der Waals surface area contributed by atoms with Gasteiger partial charge in [0.15, 0.2) is 5.78 Å². The first-order valence-electron chi connectivity index (χ1n) is 7.24. The van der Waals surface area contributed by atoms with Gasteiger partial charge in [-0.2, -0.15) is 5.26 Å². The van der Waals surface area contributed by atoms with Crippen LogP contribution in [-0.4, -0.2) is 23.8 Å². The normalized spacial score (nSPS) is 14.2. The van der Waals surface area contributed by atoms with Crippen molar-refractivity contribution in [3.63, 3.8) is 0 Å². The van der Waals surface area contributed by atoms with Crippen LogP contribution < -0.4 is 0 Å². The number of hydrogen-bond donors (Lipinski definition) is 0. The van der Waals surface area contributed by atoms with Crippen LogP contribution in [0.5, 0.6) is 0 Å². The number of pyridine rings is 1. The summed E-state index contributed by atoms with van der Waals surface area (Å²) >= 11 is 0. The second-order valence-corrected chi connectivity index (χ2v) is 6.27. The van der Waals surface area contributed by atoms with Gasteiger partial charge in [0.1, 0.15) is 6.07 Å². The number of nitriles is 1. The SMILES string of the molecule is COC(=O)c1cc(C(C)(C)C)nc(C2=CC=CCC2=O)c1C#N. The molecule has 0 radical (unpaired) electrons. The average molecular weight is 310 g/mol. The first-order chi connectivity index (χ1) is 10.8. The van der Waals surface area contributed by atoms with Crippen LogP contribution in [-0.2, 0) is 14.9 Å². The van der Waals surface area contributed by atoms with Crippen LogP contribution in [0.1, 0.15) is 54.5 Å². The number of Topliss-reactive ketones (excluding diaryl/α,β-unsaturated/α-hetero) is 1. The van der Waals surface area contributed by atoms with Crippen molar-refractivity contribution in [2.75, 3.05) is 7.11 Å². The molecule has 0 saturated heterocycles. The van der Waals surface area contributed by atoms with Crippen molar-refractivity contribution in [2.45, 2.75) is 32.6 Å². The van der Waals surface area contributed by atoms with Crippen molar-refractivity contribution < 1.29 is 14.3 Å². The van der Waals surface area contributed by atoms with Crippen LogP contribution in [0.25, 0.3) is 5.57 Å². The minimum absolute atomic E-state index is 0.0692. The van der Waals surface area contributed by atoms with E-state index in [1.54, 1.807) is 24.3 Å². The summed E-state index contributed by atoms with van der Waals surface area (Å²) in [5.41, 5.74) is 1.07. The van der Waals surface area contributed by atoms with Crippen molar-refractivity contribution >= 4 is 17.3 Å². The van der Waals surface area contributed by atoms with E-state index in [-0.39, 0.29) is 34.4 Å². The molecule has 118 valence electrons. The molecule has 0 fully saturated rings. The number of carbonyl (C=O) groups excluding carboxylic acids is 2. The topological polar surface area (TPSA) is 80.0 Å². The fourth-order valence-electron chi connectivity index (χ4n) is 2.26. The molecule has 1 aliphatic carbocycles. The highest BCUT2D eigenvalue weighted by molar-refractivity contribution is 6.22. The lowest BCUT2D eigenvalue weighted by Gasteiger charge is -2.21. The van der Waals surface area contributed by atoms with Crippen LogP contribution in [0.15, 0.2) is 24.3 Å². The van der Waals surface area contributed by atoms with E-state index in [0.717, 1.165) is 0 Å². The summed E-state index contributed by atoms with van der Waals surface area (Å²) in [6.45, 7) is 5.84. The quantitative estimate of drug-likeness (QED) is 0.785. The molecule has 0 atom stereocenters. The van der Waals surface area contributed by atoms with Gasteiger partial charge >= 0.3 is 5.97 Å². The Kier molecular flexibility index (Phi) is 4.46. The molecule has 0 aliphatic heterocycles. The van der Waals surface area contributed by atoms with E-state index in [1.165, 1.54) is 7.11 Å². The Labute approximate surface area is 135 Å². The van der Waals surface area contributed by atoms with Gasteiger partial charge in [-0.25, -0.2) is 4.79 Å². The molecule has 0 N–H and O–H groups in total. The van der Waals surface area contributed by atoms with Gasteiger partial charge in [-0.3, -0.25) is 9.78 Å². The maximum Gasteiger partial charge on any atom is 0.339 e. The van der Waals surface area contributed by atoms with Gasteiger partial charge in [0.05, 0.1) is 23.9 Å². The summed E-state index contributed by atoms with van der Waals surface area (Å²) in [6, 6.07) is 3.56. The number of rotatable bonds is 2. The van der Waals surface area contributed by atoms with E-state index < -0.39 is 5.97 Å². The molecule has 1 aliphatic rings. The van der Waals surface area contributed by atoms with Gasteiger partial charge in [-0.15, -0.1) is 0 Å². The van der Waals surface area contributed by atoms with E-state index in [2.05, 4.69) is 4.98 Å². The standard InChI is InChI=1S/C18H18N2O3/c1-18(2,3)15-9-12(17(22)23-4)13(10-19)16(20-15)11-7-5-6-8-14(11)21/h5-7,9H,8H2,1-4H3. The van der Waals surface area contributed by atoms with Crippen molar-refractivity contribution in [2.24, 2.45) is 0 Å². The molecule has 1 aromatic heterocycles. The largest absolute Gasteiger partial charge is 0.465 e. The summed E-state index contributed by atoms with van der Waals surface area (Å²) in [6.07, 6.45) is 5.38. The molecule has 23 heavy (non-hydrogen) atoms. The number of carbonyl (C=O) groups is 2. The summed E-state index contributed by atoms with van der Waals surface area (Å²) in [4.78, 5) is 28.8. The lowest BCUT2D eigenvalue weighted by molar-refractivity contribution is -0.113. The molecule has 0 saturated carbocycles. The monoisotopic (exact) mass is 310 g/mol. The molecular weight excluding hydrogens is 292 g/mol. The van der Waals surface area contributed by atoms with Crippen LogP contribution in [0, 0.1) is 11.3 Å². The predicted molar refractivity (Wildman–Crippen MR) is 85.7 cm³/mol. The van der Waals surface area contributed by atoms with E-state index >= 15 is 0 Å². The minimum Gasteiger partial charge on any atom is -0.465 e. The highest BCUT2D eigenvalue weighted by atomic mass is 16.5. The van der Waals surface area contributed by atoms with Crippen LogP contribution >= 0.6 is 0 Å². The van der Waals surface area contributed by atoms with Crippen molar-refractivity contribution in [1.29, 1.82) is 5.26 Å². The number of esters is 1. The minimum atomic E-state index is -0.616. The Morgan fingerprint density at radius 1 is 1.39 bits per heavy atom. The first-order valence-corrected chi connectivity index (χ1v) is 7.24. The van der Waals surface area contributed by atoms with Crippen molar-refractivity contribution in [3.05, 3.63) is 46.8 Å². The smallest absolute Gasteiger partial charge is 0.339 e. The highest BCUT2D eigenvalue weighted by Gasteiger charge is 2.27. The van der Waals surface area contributed by atoms with Gasteiger partial charge in [-0.05, 0) is 12.1 Å². The zero-order valence-electron chi connectivity index (χ0n) is 13.6. The van der Waals surface area contributed by atoms with E-state index in [1.807, 2.05) is 26.8 Å². The Morgan fingerprint density at radius 2 is 2.09 bits per heavy atom. The molecule has 0 bridgehead atoms. The Bertz CT molecular complexity index is 775. The Hall–Kier alpha value is -2.74. The molecule has 0 aromatic carbocycles. The molecule has 2 rings (SSSR count). The zero-order chi connectivity index (χ0) is 17.2. The fourth-order valence-corrected chi connectivity index (χ4v) is 2.26. The summed E-state index contributed by atoms with van der Waals surface area (Å²) in [5.74, 6) is -0.742. The van der Waals surface area contributed by atoms with E-state index in [0.29, 0.717) is 11.3 Å². The lowest BCUT2D eigenvalue weighted by atomic mass is 9.87. The molecule has 0 unspecified atom stereocenters. The van der Waals surface area contributed by atoms with Crippen LogP contribution in [0.3, 0.4) is 0 Å². The summed E-state index contributed by atoms with van der Waals surface area (Å²) in [5, 5.41) is 9.50. The molecule has 0 spiro atoms. The Morgan fingerprint density at radius 3 is 2.61 bits per heavy atom. The third kappa shape index (κ3) is 3.21. The molecule has 5 heteroatoms. The fraction of sp³-hybridized carbons (Fsp3) is 0.333. The molecule has 1 heterocycles. The third-order valence-electron chi connectivity index (χ3n) is 3.56. The summed E-state index contributed by atoms with van der Waals surface area (Å²) < 4.78 is 4.78. The van der Waals surface area contributed by atoms with E-state index in [4.69, 9.17) is 4.74 Å². The van der Waals surface area contributed by atoms with Crippen molar-refractivity contribution in [1.82, 2.24) is 4.98 Å². The lowest BCUT2D eigenvalue weighted by Crippen LogP contribution is -2.20. The molecule has 5 nitrogen and oxygen atoms in total. The second kappa shape index (κ2) is 6.17. The van der Waals surface area contributed by atoms with Crippen molar-refractivity contribution in [3.8, 4) is 6.07 Å². The highest BCUT2D eigenvalue weighted by Crippen LogP contribution is 2.29. The predicted octanol–water partition coefficient (Wildman–Crippen LogP) is 2.95. The average Bonchev–Trinajstić information content (AvgIpc) is 2.52. The maximum absolute atomic E-state index is 12.2. The first kappa shape index (κ1) is 16.6. The van der Waals surface area contributed by atoms with Crippen LogP contribution in [0.2, 0.25) is 0 Å².